The Balaban J connectivity index is 2.42. The Morgan fingerprint density at radius 1 is 1.25 bits per heavy atom. The minimum atomic E-state index is -1.10. The highest BCUT2D eigenvalue weighted by molar-refractivity contribution is 5.78. The van der Waals surface area contributed by atoms with Crippen molar-refractivity contribution in [3.8, 4) is 5.75 Å². The summed E-state index contributed by atoms with van der Waals surface area (Å²) in [5.41, 5.74) is 0.931. The van der Waals surface area contributed by atoms with Crippen molar-refractivity contribution < 1.29 is 24.2 Å². The van der Waals surface area contributed by atoms with E-state index in [1.165, 1.54) is 0 Å². The summed E-state index contributed by atoms with van der Waals surface area (Å²) in [6, 6.07) is 7.22. The number of carbonyl (C=O) groups is 2. The summed E-state index contributed by atoms with van der Waals surface area (Å²) in [6.45, 7) is 3.60. The summed E-state index contributed by atoms with van der Waals surface area (Å²) in [5.74, 6) is -0.676. The van der Waals surface area contributed by atoms with E-state index in [4.69, 9.17) is 14.6 Å². The van der Waals surface area contributed by atoms with E-state index in [1.807, 2.05) is 38.1 Å². The number of hydrogen-bond donors (Lipinski definition) is 2. The molecule has 110 valence electrons. The zero-order chi connectivity index (χ0) is 15.0. The van der Waals surface area contributed by atoms with Crippen LogP contribution in [0.2, 0.25) is 0 Å². The van der Waals surface area contributed by atoms with E-state index >= 15 is 0 Å². The number of aliphatic carboxylic acids is 1. The number of carboxylic acids is 1. The molecule has 0 aliphatic rings. The molecule has 1 atom stereocenters. The molecule has 0 aliphatic heterocycles. The summed E-state index contributed by atoms with van der Waals surface area (Å²) in [7, 11) is 0. The Labute approximate surface area is 117 Å². The van der Waals surface area contributed by atoms with Gasteiger partial charge in [0.1, 0.15) is 19.0 Å². The molecule has 6 nitrogen and oxygen atoms in total. The highest BCUT2D eigenvalue weighted by Crippen LogP contribution is 2.17. The predicted molar refractivity (Wildman–Crippen MR) is 72.6 cm³/mol. The van der Waals surface area contributed by atoms with Gasteiger partial charge in [-0.25, -0.2) is 4.79 Å². The molecule has 1 aromatic rings. The first kappa shape index (κ1) is 16.0. The second-order valence-electron chi connectivity index (χ2n) is 4.18. The molecule has 1 aromatic carbocycles. The van der Waals surface area contributed by atoms with E-state index in [9.17, 15) is 9.59 Å². The van der Waals surface area contributed by atoms with Gasteiger partial charge in [-0.1, -0.05) is 12.1 Å². The Bertz CT molecular complexity index is 443. The van der Waals surface area contributed by atoms with Crippen LogP contribution < -0.4 is 10.1 Å². The Hall–Kier alpha value is -2.08. The van der Waals surface area contributed by atoms with Crippen molar-refractivity contribution in [2.75, 3.05) is 19.8 Å². The van der Waals surface area contributed by atoms with Gasteiger partial charge < -0.3 is 19.9 Å². The molecule has 0 bridgehead atoms. The first-order chi connectivity index (χ1) is 9.52. The Morgan fingerprint density at radius 2 is 1.90 bits per heavy atom. The minimum absolute atomic E-state index is 0.188. The molecule has 6 heteroatoms. The van der Waals surface area contributed by atoms with Gasteiger partial charge in [0.2, 0.25) is 5.91 Å². The van der Waals surface area contributed by atoms with Crippen LogP contribution >= 0.6 is 0 Å². The molecule has 0 radical (unpaired) electrons. The van der Waals surface area contributed by atoms with E-state index in [0.29, 0.717) is 6.61 Å². The van der Waals surface area contributed by atoms with Gasteiger partial charge in [0.25, 0.3) is 0 Å². The first-order valence-corrected chi connectivity index (χ1v) is 6.34. The fourth-order valence-corrected chi connectivity index (χ4v) is 1.62. The molecular formula is C14H19NO5. The number of nitrogens with one attached hydrogen (secondary N) is 1. The van der Waals surface area contributed by atoms with Crippen molar-refractivity contribution >= 4 is 11.9 Å². The largest absolute Gasteiger partial charge is 0.494 e. The number of ether oxygens (including phenoxy) is 2. The fourth-order valence-electron chi connectivity index (χ4n) is 1.62. The minimum Gasteiger partial charge on any atom is -0.494 e. The lowest BCUT2D eigenvalue weighted by Crippen LogP contribution is -2.30. The highest BCUT2D eigenvalue weighted by Gasteiger charge is 2.10. The molecule has 0 saturated heterocycles. The van der Waals surface area contributed by atoms with Crippen molar-refractivity contribution in [2.45, 2.75) is 19.9 Å². The molecule has 0 heterocycles. The van der Waals surface area contributed by atoms with Gasteiger partial charge in [-0.15, -0.1) is 0 Å². The average Bonchev–Trinajstić information content (AvgIpc) is 2.39. The summed E-state index contributed by atoms with van der Waals surface area (Å²) in [4.78, 5) is 21.8. The molecule has 2 N–H and O–H groups in total. The molecule has 0 spiro atoms. The van der Waals surface area contributed by atoms with E-state index in [0.717, 1.165) is 11.3 Å². The first-order valence-electron chi connectivity index (χ1n) is 6.34. The van der Waals surface area contributed by atoms with Gasteiger partial charge in [0.15, 0.2) is 0 Å². The third-order valence-electron chi connectivity index (χ3n) is 2.53. The molecule has 0 aromatic heterocycles. The van der Waals surface area contributed by atoms with Gasteiger partial charge in [-0.2, -0.15) is 0 Å². The zero-order valence-corrected chi connectivity index (χ0v) is 11.6. The van der Waals surface area contributed by atoms with Crippen LogP contribution in [0.4, 0.5) is 0 Å². The summed E-state index contributed by atoms with van der Waals surface area (Å²) >= 11 is 0. The van der Waals surface area contributed by atoms with Crippen molar-refractivity contribution in [1.82, 2.24) is 5.32 Å². The fraction of sp³-hybridized carbons (Fsp3) is 0.429. The maximum Gasteiger partial charge on any atom is 0.329 e. The van der Waals surface area contributed by atoms with E-state index in [1.54, 1.807) is 0 Å². The lowest BCUT2D eigenvalue weighted by atomic mass is 10.1. The number of carboxylic acid groups (broad SMARTS) is 1. The second-order valence-corrected chi connectivity index (χ2v) is 4.18. The Morgan fingerprint density at radius 3 is 2.45 bits per heavy atom. The van der Waals surface area contributed by atoms with E-state index in [2.05, 4.69) is 5.32 Å². The normalized spacial score (nSPS) is 11.7. The van der Waals surface area contributed by atoms with Crippen LogP contribution in [0.25, 0.3) is 0 Å². The number of hydrogen-bond acceptors (Lipinski definition) is 4. The zero-order valence-electron chi connectivity index (χ0n) is 11.6. The molecular weight excluding hydrogens is 262 g/mol. The number of rotatable bonds is 8. The van der Waals surface area contributed by atoms with Crippen LogP contribution in [-0.4, -0.2) is 36.8 Å². The van der Waals surface area contributed by atoms with E-state index < -0.39 is 12.6 Å². The van der Waals surface area contributed by atoms with Crippen LogP contribution in [-0.2, 0) is 14.3 Å². The average molecular weight is 281 g/mol. The molecule has 0 saturated carbocycles. The van der Waals surface area contributed by atoms with Gasteiger partial charge in [-0.05, 0) is 31.5 Å². The topological polar surface area (TPSA) is 84.9 Å². The van der Waals surface area contributed by atoms with Gasteiger partial charge in [0, 0.05) is 0 Å². The third kappa shape index (κ3) is 5.71. The Kier molecular flexibility index (Phi) is 6.52. The van der Waals surface area contributed by atoms with Crippen LogP contribution in [0.15, 0.2) is 24.3 Å². The number of carbonyl (C=O) groups excluding carboxylic acids is 1. The standard InChI is InChI=1S/C14H19NO5/c1-3-20-12-6-4-11(5-7-12)10(2)15-13(16)8-19-9-14(17)18/h4-7,10H,3,8-9H2,1-2H3,(H,15,16)(H,17,18). The maximum atomic E-state index is 11.5. The van der Waals surface area contributed by atoms with Crippen molar-refractivity contribution in [1.29, 1.82) is 0 Å². The molecule has 1 rings (SSSR count). The quantitative estimate of drug-likeness (QED) is 0.751. The van der Waals surface area contributed by atoms with Crippen LogP contribution in [0.3, 0.4) is 0 Å². The maximum absolute atomic E-state index is 11.5. The molecule has 1 unspecified atom stereocenters. The molecule has 0 fully saturated rings. The number of benzene rings is 1. The monoisotopic (exact) mass is 281 g/mol. The summed E-state index contributed by atoms with van der Waals surface area (Å²) in [5, 5.41) is 11.1. The van der Waals surface area contributed by atoms with Gasteiger partial charge >= 0.3 is 5.97 Å². The third-order valence-corrected chi connectivity index (χ3v) is 2.53. The molecule has 0 aliphatic carbocycles. The van der Waals surface area contributed by atoms with Crippen molar-refractivity contribution in [2.24, 2.45) is 0 Å². The van der Waals surface area contributed by atoms with Gasteiger partial charge in [0.05, 0.1) is 12.6 Å². The van der Waals surface area contributed by atoms with Crippen LogP contribution in [0.1, 0.15) is 25.5 Å². The smallest absolute Gasteiger partial charge is 0.329 e. The number of amides is 1. The van der Waals surface area contributed by atoms with Crippen molar-refractivity contribution in [3.05, 3.63) is 29.8 Å². The lowest BCUT2D eigenvalue weighted by Gasteiger charge is -2.14. The van der Waals surface area contributed by atoms with Crippen LogP contribution in [0.5, 0.6) is 5.75 Å². The van der Waals surface area contributed by atoms with Crippen LogP contribution in [0, 0.1) is 0 Å². The predicted octanol–water partition coefficient (Wildman–Crippen LogP) is 1.36. The van der Waals surface area contributed by atoms with E-state index in [-0.39, 0.29) is 18.6 Å². The summed E-state index contributed by atoms with van der Waals surface area (Å²) in [6.07, 6.45) is 0. The molecule has 1 amide bonds. The lowest BCUT2D eigenvalue weighted by molar-refractivity contribution is -0.143. The van der Waals surface area contributed by atoms with Gasteiger partial charge in [-0.3, -0.25) is 4.79 Å². The SMILES string of the molecule is CCOc1ccc(C(C)NC(=O)COCC(=O)O)cc1. The summed E-state index contributed by atoms with van der Waals surface area (Å²) < 4.78 is 10.0. The highest BCUT2D eigenvalue weighted by atomic mass is 16.5. The van der Waals surface area contributed by atoms with Crippen molar-refractivity contribution in [3.63, 3.8) is 0 Å². The second kappa shape index (κ2) is 8.16. The molecule has 20 heavy (non-hydrogen) atoms.